The lowest BCUT2D eigenvalue weighted by Crippen LogP contribution is -2.09. The first-order valence-electron chi connectivity index (χ1n) is 6.83. The van der Waals surface area contributed by atoms with Crippen molar-refractivity contribution in [1.29, 1.82) is 0 Å². The van der Waals surface area contributed by atoms with E-state index < -0.39 is 0 Å². The Kier molecular flexibility index (Phi) is 5.21. The smallest absolute Gasteiger partial charge is 0.128 e. The Balaban J connectivity index is 1.82. The molecule has 1 aromatic carbocycles. The highest BCUT2D eigenvalue weighted by Crippen LogP contribution is 2.20. The van der Waals surface area contributed by atoms with Crippen molar-refractivity contribution in [2.75, 3.05) is 13.2 Å². The maximum Gasteiger partial charge on any atom is 0.128 e. The second kappa shape index (κ2) is 7.14. The van der Waals surface area contributed by atoms with Crippen LogP contribution in [0.4, 0.5) is 0 Å². The predicted octanol–water partition coefficient (Wildman–Crippen LogP) is 3.22. The molecule has 4 nitrogen and oxygen atoms in total. The van der Waals surface area contributed by atoms with Crippen molar-refractivity contribution in [2.45, 2.75) is 38.7 Å². The second-order valence-electron chi connectivity index (χ2n) is 4.81. The van der Waals surface area contributed by atoms with Crippen LogP contribution in [0.2, 0.25) is 0 Å². The van der Waals surface area contributed by atoms with Gasteiger partial charge in [0.05, 0.1) is 18.4 Å². The second-order valence-corrected chi connectivity index (χ2v) is 4.81. The minimum atomic E-state index is 0.416. The van der Waals surface area contributed by atoms with Gasteiger partial charge < -0.3 is 14.7 Å². The Morgan fingerprint density at radius 2 is 2.32 bits per heavy atom. The van der Waals surface area contributed by atoms with Crippen LogP contribution in [0.5, 0.6) is 5.75 Å². The summed E-state index contributed by atoms with van der Waals surface area (Å²) in [6, 6.07) is 7.62. The van der Waals surface area contributed by atoms with Gasteiger partial charge in [0, 0.05) is 12.2 Å². The quantitative estimate of drug-likeness (QED) is 0.371. The van der Waals surface area contributed by atoms with Crippen LogP contribution in [0.3, 0.4) is 0 Å². The van der Waals surface area contributed by atoms with Crippen molar-refractivity contribution in [3.63, 3.8) is 0 Å². The minimum absolute atomic E-state index is 0.416. The van der Waals surface area contributed by atoms with Gasteiger partial charge in [0.1, 0.15) is 5.75 Å². The van der Waals surface area contributed by atoms with Crippen LogP contribution in [0.15, 0.2) is 29.4 Å². The van der Waals surface area contributed by atoms with E-state index in [-0.39, 0.29) is 0 Å². The average molecular weight is 263 g/mol. The monoisotopic (exact) mass is 263 g/mol. The Labute approximate surface area is 114 Å². The molecular formula is C15H21NO3. The molecule has 1 atom stereocenters. The maximum atomic E-state index is 8.84. The lowest BCUT2D eigenvalue weighted by molar-refractivity contribution is 0.0981. The van der Waals surface area contributed by atoms with E-state index in [2.05, 4.69) is 5.16 Å². The van der Waals surface area contributed by atoms with Gasteiger partial charge in [-0.3, -0.25) is 0 Å². The summed E-state index contributed by atoms with van der Waals surface area (Å²) in [7, 11) is 0. The number of hydrogen-bond acceptors (Lipinski definition) is 4. The molecule has 1 fully saturated rings. The first-order chi connectivity index (χ1) is 9.31. The fourth-order valence-corrected chi connectivity index (χ4v) is 2.31. The molecule has 1 aliphatic rings. The van der Waals surface area contributed by atoms with Crippen molar-refractivity contribution in [2.24, 2.45) is 5.16 Å². The first-order valence-corrected chi connectivity index (χ1v) is 6.83. The molecule has 1 N–H and O–H groups in total. The first kappa shape index (κ1) is 13.9. The summed E-state index contributed by atoms with van der Waals surface area (Å²) in [5.74, 6) is 0.769. The molecule has 19 heavy (non-hydrogen) atoms. The number of ether oxygens (including phenoxy) is 2. The van der Waals surface area contributed by atoms with E-state index in [1.165, 1.54) is 12.8 Å². The molecule has 1 saturated heterocycles. The summed E-state index contributed by atoms with van der Waals surface area (Å²) >= 11 is 0. The molecular weight excluding hydrogens is 242 g/mol. The molecule has 0 bridgehead atoms. The van der Waals surface area contributed by atoms with Gasteiger partial charge in [-0.1, -0.05) is 17.3 Å². The molecule has 104 valence electrons. The van der Waals surface area contributed by atoms with Crippen molar-refractivity contribution < 1.29 is 14.7 Å². The largest absolute Gasteiger partial charge is 0.493 e. The summed E-state index contributed by atoms with van der Waals surface area (Å²) in [5.41, 5.74) is 1.40. The highest BCUT2D eigenvalue weighted by Gasteiger charge is 2.14. The zero-order valence-electron chi connectivity index (χ0n) is 11.3. The van der Waals surface area contributed by atoms with E-state index in [0.29, 0.717) is 18.4 Å². The lowest BCUT2D eigenvalue weighted by Gasteiger charge is -2.12. The summed E-state index contributed by atoms with van der Waals surface area (Å²) in [4.78, 5) is 0. The van der Waals surface area contributed by atoms with E-state index in [9.17, 15) is 0 Å². The third-order valence-corrected chi connectivity index (χ3v) is 3.38. The van der Waals surface area contributed by atoms with Gasteiger partial charge in [0.25, 0.3) is 0 Å². The third kappa shape index (κ3) is 3.96. The number of oxime groups is 1. The highest BCUT2D eigenvalue weighted by atomic mass is 16.5. The zero-order chi connectivity index (χ0) is 13.5. The molecule has 0 aliphatic carbocycles. The van der Waals surface area contributed by atoms with Crippen LogP contribution >= 0.6 is 0 Å². The predicted molar refractivity (Wildman–Crippen MR) is 74.1 cm³/mol. The fourth-order valence-electron chi connectivity index (χ4n) is 2.31. The normalized spacial score (nSPS) is 19.6. The van der Waals surface area contributed by atoms with Crippen LogP contribution in [0.25, 0.3) is 0 Å². The Bertz CT molecular complexity index is 425. The summed E-state index contributed by atoms with van der Waals surface area (Å²) in [5, 5.41) is 12.1. The van der Waals surface area contributed by atoms with Gasteiger partial charge in [-0.25, -0.2) is 0 Å². The van der Waals surface area contributed by atoms with Gasteiger partial charge >= 0.3 is 0 Å². The number of benzene rings is 1. The van der Waals surface area contributed by atoms with Crippen LogP contribution in [0.1, 0.15) is 38.2 Å². The van der Waals surface area contributed by atoms with E-state index >= 15 is 0 Å². The topological polar surface area (TPSA) is 51.1 Å². The minimum Gasteiger partial charge on any atom is -0.493 e. The number of para-hydroxylation sites is 1. The number of nitrogens with zero attached hydrogens (tertiary/aromatic N) is 1. The van der Waals surface area contributed by atoms with Crippen LogP contribution in [-0.4, -0.2) is 30.2 Å². The lowest BCUT2D eigenvalue weighted by atomic mass is 10.1. The van der Waals surface area contributed by atoms with Crippen LogP contribution in [0, 0.1) is 0 Å². The van der Waals surface area contributed by atoms with Crippen LogP contribution < -0.4 is 4.74 Å². The van der Waals surface area contributed by atoms with E-state index in [1.807, 2.05) is 24.3 Å². The Morgan fingerprint density at radius 1 is 1.47 bits per heavy atom. The molecule has 1 aliphatic heterocycles. The molecule has 2 rings (SSSR count). The standard InChI is InChI=1S/C15H21NO3/c1-12(16-17)14-8-2-3-9-15(14)19-11-5-7-13-6-4-10-18-13/h2-3,8-9,13,17H,4-7,10-11H2,1H3. The fraction of sp³-hybridized carbons (Fsp3) is 0.533. The molecule has 4 heteroatoms. The van der Waals surface area contributed by atoms with Gasteiger partial charge in [0.2, 0.25) is 0 Å². The molecule has 0 amide bonds. The Morgan fingerprint density at radius 3 is 3.05 bits per heavy atom. The van der Waals surface area contributed by atoms with Crippen molar-refractivity contribution >= 4 is 5.71 Å². The van der Waals surface area contributed by atoms with Crippen LogP contribution in [-0.2, 0) is 4.74 Å². The van der Waals surface area contributed by atoms with E-state index in [4.69, 9.17) is 14.7 Å². The van der Waals surface area contributed by atoms with Gasteiger partial charge in [-0.2, -0.15) is 0 Å². The number of rotatable bonds is 6. The molecule has 0 spiro atoms. The van der Waals surface area contributed by atoms with E-state index in [0.717, 1.165) is 30.8 Å². The highest BCUT2D eigenvalue weighted by molar-refractivity contribution is 6.00. The van der Waals surface area contributed by atoms with Gasteiger partial charge in [0.15, 0.2) is 0 Å². The summed E-state index contributed by atoms with van der Waals surface area (Å²) in [6.45, 7) is 3.32. The van der Waals surface area contributed by atoms with Crippen molar-refractivity contribution in [1.82, 2.24) is 0 Å². The molecule has 0 saturated carbocycles. The zero-order valence-corrected chi connectivity index (χ0v) is 11.3. The van der Waals surface area contributed by atoms with E-state index in [1.54, 1.807) is 6.92 Å². The van der Waals surface area contributed by atoms with Crippen molar-refractivity contribution in [3.8, 4) is 5.75 Å². The Hall–Kier alpha value is -1.55. The van der Waals surface area contributed by atoms with Crippen molar-refractivity contribution in [3.05, 3.63) is 29.8 Å². The molecule has 1 unspecified atom stereocenters. The average Bonchev–Trinajstić information content (AvgIpc) is 2.96. The molecule has 0 radical (unpaired) electrons. The maximum absolute atomic E-state index is 8.84. The SMILES string of the molecule is CC(=NO)c1ccccc1OCCCC1CCCO1. The third-order valence-electron chi connectivity index (χ3n) is 3.38. The molecule has 0 aromatic heterocycles. The summed E-state index contributed by atoms with van der Waals surface area (Å²) in [6.07, 6.45) is 4.80. The van der Waals surface area contributed by atoms with Gasteiger partial charge in [-0.05, 0) is 44.7 Å². The molecule has 1 heterocycles. The molecule has 1 aromatic rings. The van der Waals surface area contributed by atoms with Gasteiger partial charge in [-0.15, -0.1) is 0 Å². The number of hydrogen-bond donors (Lipinski definition) is 1. The summed E-state index contributed by atoms with van der Waals surface area (Å²) < 4.78 is 11.3.